The van der Waals surface area contributed by atoms with E-state index in [-0.39, 0.29) is 19.0 Å². The van der Waals surface area contributed by atoms with Crippen LogP contribution in [0.1, 0.15) is 25.0 Å². The number of hydrogen-bond donors (Lipinski definition) is 2. The molecule has 0 saturated heterocycles. The first kappa shape index (κ1) is 17.2. The van der Waals surface area contributed by atoms with Crippen LogP contribution < -0.4 is 11.1 Å². The van der Waals surface area contributed by atoms with E-state index in [2.05, 4.69) is 5.32 Å². The molecule has 5 heteroatoms. The highest BCUT2D eigenvalue weighted by atomic mass is 16.2. The molecule has 1 rings (SSSR count). The smallest absolute Gasteiger partial charge is 0.238 e. The number of primary amides is 1. The highest BCUT2D eigenvalue weighted by Gasteiger charge is 2.15. The van der Waals surface area contributed by atoms with Gasteiger partial charge in [-0.15, -0.1) is 0 Å². The van der Waals surface area contributed by atoms with Gasteiger partial charge in [-0.1, -0.05) is 26.0 Å². The fourth-order valence-corrected chi connectivity index (χ4v) is 2.20. The van der Waals surface area contributed by atoms with Crippen LogP contribution in [0.3, 0.4) is 0 Å². The molecule has 0 spiro atoms. The molecule has 0 heterocycles. The van der Waals surface area contributed by atoms with E-state index in [0.717, 1.165) is 16.8 Å². The van der Waals surface area contributed by atoms with Crippen LogP contribution in [-0.4, -0.2) is 36.3 Å². The van der Waals surface area contributed by atoms with E-state index in [4.69, 9.17) is 5.73 Å². The summed E-state index contributed by atoms with van der Waals surface area (Å²) in [5.41, 5.74) is 8.22. The lowest BCUT2D eigenvalue weighted by atomic mass is 10.1. The summed E-state index contributed by atoms with van der Waals surface area (Å²) in [4.78, 5) is 25.0. The molecule has 2 amide bonds. The first-order chi connectivity index (χ1) is 9.79. The summed E-state index contributed by atoms with van der Waals surface area (Å²) in [7, 11) is 0. The Kier molecular flexibility index (Phi) is 6.37. The van der Waals surface area contributed by atoms with Crippen LogP contribution in [0.2, 0.25) is 0 Å². The number of carbonyl (C=O) groups excluding carboxylic acids is 2. The summed E-state index contributed by atoms with van der Waals surface area (Å²) in [6.07, 6.45) is 0. The first-order valence-corrected chi connectivity index (χ1v) is 7.16. The zero-order chi connectivity index (χ0) is 16.0. The summed E-state index contributed by atoms with van der Waals surface area (Å²) in [5, 5.41) is 2.90. The molecule has 5 nitrogen and oxygen atoms in total. The third kappa shape index (κ3) is 5.95. The predicted molar refractivity (Wildman–Crippen MR) is 85.0 cm³/mol. The van der Waals surface area contributed by atoms with Crippen LogP contribution in [0.4, 0.5) is 5.69 Å². The number of hydrogen-bond acceptors (Lipinski definition) is 3. The fourth-order valence-electron chi connectivity index (χ4n) is 2.20. The maximum Gasteiger partial charge on any atom is 0.238 e. The van der Waals surface area contributed by atoms with Gasteiger partial charge in [0.25, 0.3) is 0 Å². The van der Waals surface area contributed by atoms with E-state index in [1.54, 1.807) is 4.90 Å². The fraction of sp³-hybridized carbons (Fsp3) is 0.500. The number of nitrogens with one attached hydrogen (secondary N) is 1. The van der Waals surface area contributed by atoms with Crippen molar-refractivity contribution in [1.82, 2.24) is 4.90 Å². The van der Waals surface area contributed by atoms with Gasteiger partial charge in [0.15, 0.2) is 0 Å². The molecule has 0 unspecified atom stereocenters. The van der Waals surface area contributed by atoms with Crippen molar-refractivity contribution in [3.8, 4) is 0 Å². The van der Waals surface area contributed by atoms with Gasteiger partial charge in [0.1, 0.15) is 0 Å². The molecule has 0 fully saturated rings. The Labute approximate surface area is 126 Å². The van der Waals surface area contributed by atoms with Gasteiger partial charge in [-0.05, 0) is 37.0 Å². The van der Waals surface area contributed by atoms with Crippen LogP contribution in [0.25, 0.3) is 0 Å². The molecule has 0 saturated carbocycles. The van der Waals surface area contributed by atoms with Crippen LogP contribution in [-0.2, 0) is 9.59 Å². The molecule has 21 heavy (non-hydrogen) atoms. The summed E-state index contributed by atoms with van der Waals surface area (Å²) >= 11 is 0. The third-order valence-electron chi connectivity index (χ3n) is 3.25. The average Bonchev–Trinajstić information content (AvgIpc) is 2.33. The van der Waals surface area contributed by atoms with Crippen molar-refractivity contribution in [2.45, 2.75) is 27.7 Å². The lowest BCUT2D eigenvalue weighted by Gasteiger charge is -2.22. The number of benzene rings is 1. The van der Waals surface area contributed by atoms with Gasteiger partial charge in [-0.25, -0.2) is 0 Å². The highest BCUT2D eigenvalue weighted by Crippen LogP contribution is 2.17. The topological polar surface area (TPSA) is 75.4 Å². The van der Waals surface area contributed by atoms with Gasteiger partial charge < -0.3 is 11.1 Å². The first-order valence-electron chi connectivity index (χ1n) is 7.16. The molecule has 0 bridgehead atoms. The van der Waals surface area contributed by atoms with Crippen molar-refractivity contribution in [1.29, 1.82) is 0 Å². The molecule has 1 aromatic rings. The Morgan fingerprint density at radius 3 is 2.48 bits per heavy atom. The molecule has 0 aliphatic heterocycles. The Hall–Kier alpha value is -1.88. The van der Waals surface area contributed by atoms with Crippen molar-refractivity contribution in [2.24, 2.45) is 11.7 Å². The second-order valence-electron chi connectivity index (χ2n) is 5.83. The van der Waals surface area contributed by atoms with Gasteiger partial charge in [0.05, 0.1) is 13.1 Å². The Bertz CT molecular complexity index is 512. The molecule has 0 atom stereocenters. The van der Waals surface area contributed by atoms with Gasteiger partial charge in [-0.2, -0.15) is 0 Å². The van der Waals surface area contributed by atoms with Crippen molar-refractivity contribution in [2.75, 3.05) is 25.0 Å². The minimum absolute atomic E-state index is 0.0956. The number of rotatable bonds is 7. The minimum Gasteiger partial charge on any atom is -0.369 e. The summed E-state index contributed by atoms with van der Waals surface area (Å²) in [6.45, 7) is 8.96. The van der Waals surface area contributed by atoms with E-state index in [9.17, 15) is 9.59 Å². The summed E-state index contributed by atoms with van der Waals surface area (Å²) in [5.74, 6) is -0.196. The van der Waals surface area contributed by atoms with Crippen LogP contribution in [0.5, 0.6) is 0 Å². The van der Waals surface area contributed by atoms with Crippen molar-refractivity contribution in [3.05, 3.63) is 29.3 Å². The Morgan fingerprint density at radius 2 is 1.90 bits per heavy atom. The van der Waals surface area contributed by atoms with Crippen LogP contribution in [0, 0.1) is 19.8 Å². The second kappa shape index (κ2) is 7.78. The molecular weight excluding hydrogens is 266 g/mol. The number of carbonyl (C=O) groups is 2. The maximum atomic E-state index is 12.1. The van der Waals surface area contributed by atoms with Crippen molar-refractivity contribution in [3.63, 3.8) is 0 Å². The van der Waals surface area contributed by atoms with Gasteiger partial charge in [0, 0.05) is 12.2 Å². The summed E-state index contributed by atoms with van der Waals surface area (Å²) in [6, 6.07) is 5.79. The second-order valence-corrected chi connectivity index (χ2v) is 5.83. The number of nitrogens with two attached hydrogens (primary N) is 1. The van der Waals surface area contributed by atoms with E-state index in [1.807, 2.05) is 45.9 Å². The van der Waals surface area contributed by atoms with E-state index in [0.29, 0.717) is 12.5 Å². The number of aryl methyl sites for hydroxylation is 1. The lowest BCUT2D eigenvalue weighted by molar-refractivity contribution is -0.121. The van der Waals surface area contributed by atoms with Crippen molar-refractivity contribution >= 4 is 17.5 Å². The van der Waals surface area contributed by atoms with Crippen LogP contribution in [0.15, 0.2) is 18.2 Å². The molecule has 0 aliphatic carbocycles. The maximum absolute atomic E-state index is 12.1. The molecular formula is C16H25N3O2. The quantitative estimate of drug-likeness (QED) is 0.802. The SMILES string of the molecule is Cc1cccc(NC(=O)CN(CC(N)=O)CC(C)C)c1C. The Balaban J connectivity index is 2.69. The van der Waals surface area contributed by atoms with E-state index >= 15 is 0 Å². The molecule has 0 aromatic heterocycles. The zero-order valence-electron chi connectivity index (χ0n) is 13.3. The number of nitrogens with zero attached hydrogens (tertiary/aromatic N) is 1. The van der Waals surface area contributed by atoms with Gasteiger partial charge >= 0.3 is 0 Å². The van der Waals surface area contributed by atoms with E-state index < -0.39 is 5.91 Å². The molecule has 0 aliphatic rings. The molecule has 116 valence electrons. The predicted octanol–water partition coefficient (Wildman–Crippen LogP) is 1.69. The molecule has 1 aromatic carbocycles. The summed E-state index contributed by atoms with van der Waals surface area (Å²) < 4.78 is 0. The largest absolute Gasteiger partial charge is 0.369 e. The molecule has 0 radical (unpaired) electrons. The van der Waals surface area contributed by atoms with Crippen molar-refractivity contribution < 1.29 is 9.59 Å². The van der Waals surface area contributed by atoms with Gasteiger partial charge in [0.2, 0.25) is 11.8 Å². The lowest BCUT2D eigenvalue weighted by Crippen LogP contribution is -2.41. The zero-order valence-corrected chi connectivity index (χ0v) is 13.3. The van der Waals surface area contributed by atoms with Crippen LogP contribution >= 0.6 is 0 Å². The standard InChI is InChI=1S/C16H25N3O2/c1-11(2)8-19(9-15(17)20)10-16(21)18-14-7-5-6-12(3)13(14)4/h5-7,11H,8-10H2,1-4H3,(H2,17,20)(H,18,21). The highest BCUT2D eigenvalue weighted by molar-refractivity contribution is 5.93. The average molecular weight is 291 g/mol. The Morgan fingerprint density at radius 1 is 1.24 bits per heavy atom. The van der Waals surface area contributed by atoms with Gasteiger partial charge in [-0.3, -0.25) is 14.5 Å². The molecule has 3 N–H and O–H groups in total. The number of amides is 2. The minimum atomic E-state index is -0.421. The number of anilines is 1. The third-order valence-corrected chi connectivity index (χ3v) is 3.25. The normalized spacial score (nSPS) is 11.0. The van der Waals surface area contributed by atoms with E-state index in [1.165, 1.54) is 0 Å². The monoisotopic (exact) mass is 291 g/mol.